The third-order valence-electron chi connectivity index (χ3n) is 5.38. The summed E-state index contributed by atoms with van der Waals surface area (Å²) in [6, 6.07) is 13.3. The highest BCUT2D eigenvalue weighted by molar-refractivity contribution is 6.39. The van der Waals surface area contributed by atoms with Crippen LogP contribution in [0.1, 0.15) is 35.7 Å². The molecule has 0 radical (unpaired) electrons. The Morgan fingerprint density at radius 1 is 1.00 bits per heavy atom. The van der Waals surface area contributed by atoms with Crippen LogP contribution < -0.4 is 10.6 Å². The second kappa shape index (κ2) is 10.0. The Balaban J connectivity index is 1.42. The SMILES string of the molecule is CCc1ccc(NC(=O)C(=O)NCC2CCN(C(=O)c3ccccc3F)CC2)cc1. The average Bonchev–Trinajstić information content (AvgIpc) is 2.78. The van der Waals surface area contributed by atoms with E-state index in [4.69, 9.17) is 0 Å². The van der Waals surface area contributed by atoms with Crippen molar-refractivity contribution in [3.63, 3.8) is 0 Å². The number of hydrogen-bond donors (Lipinski definition) is 2. The minimum atomic E-state index is -0.702. The predicted molar refractivity (Wildman–Crippen MR) is 112 cm³/mol. The number of benzene rings is 2. The van der Waals surface area contributed by atoms with Gasteiger partial charge in [-0.05, 0) is 55.0 Å². The smallest absolute Gasteiger partial charge is 0.313 e. The molecule has 3 amide bonds. The van der Waals surface area contributed by atoms with Gasteiger partial charge in [-0.3, -0.25) is 14.4 Å². The first-order valence-electron chi connectivity index (χ1n) is 10.2. The highest BCUT2D eigenvalue weighted by Gasteiger charge is 2.26. The van der Waals surface area contributed by atoms with Crippen LogP contribution in [0.3, 0.4) is 0 Å². The Bertz CT molecular complexity index is 906. The Hall–Kier alpha value is -3.22. The van der Waals surface area contributed by atoms with E-state index in [-0.39, 0.29) is 17.4 Å². The average molecular weight is 411 g/mol. The van der Waals surface area contributed by atoms with Gasteiger partial charge in [-0.1, -0.05) is 31.2 Å². The van der Waals surface area contributed by atoms with E-state index in [1.54, 1.807) is 29.2 Å². The molecule has 0 bridgehead atoms. The van der Waals surface area contributed by atoms with Gasteiger partial charge in [-0.2, -0.15) is 0 Å². The van der Waals surface area contributed by atoms with Gasteiger partial charge >= 0.3 is 11.8 Å². The van der Waals surface area contributed by atoms with Crippen LogP contribution in [0.25, 0.3) is 0 Å². The van der Waals surface area contributed by atoms with Crippen LogP contribution in [0.2, 0.25) is 0 Å². The minimum Gasteiger partial charge on any atom is -0.348 e. The molecule has 1 saturated heterocycles. The number of nitrogens with one attached hydrogen (secondary N) is 2. The molecule has 2 aromatic rings. The van der Waals surface area contributed by atoms with Crippen LogP contribution in [0.15, 0.2) is 48.5 Å². The van der Waals surface area contributed by atoms with Gasteiger partial charge in [0.1, 0.15) is 5.82 Å². The molecule has 1 fully saturated rings. The zero-order valence-electron chi connectivity index (χ0n) is 17.0. The van der Waals surface area contributed by atoms with Crippen molar-refractivity contribution >= 4 is 23.4 Å². The summed E-state index contributed by atoms with van der Waals surface area (Å²) in [4.78, 5) is 38.2. The molecular weight excluding hydrogens is 385 g/mol. The van der Waals surface area contributed by atoms with E-state index < -0.39 is 17.6 Å². The Labute approximate surface area is 175 Å². The standard InChI is InChI=1S/C23H26FN3O3/c1-2-16-7-9-18(10-8-16)26-22(29)21(28)25-15-17-11-13-27(14-12-17)23(30)19-5-3-4-6-20(19)24/h3-10,17H,2,11-15H2,1H3,(H,25,28)(H,26,29). The molecule has 0 aliphatic carbocycles. The Morgan fingerprint density at radius 3 is 2.30 bits per heavy atom. The molecule has 158 valence electrons. The van der Waals surface area contributed by atoms with Crippen molar-refractivity contribution in [1.29, 1.82) is 0 Å². The van der Waals surface area contributed by atoms with E-state index in [1.165, 1.54) is 12.1 Å². The fourth-order valence-electron chi connectivity index (χ4n) is 3.47. The zero-order valence-corrected chi connectivity index (χ0v) is 17.0. The van der Waals surface area contributed by atoms with Gasteiger partial charge in [-0.25, -0.2) is 4.39 Å². The number of carbonyl (C=O) groups excluding carboxylic acids is 3. The fraction of sp³-hybridized carbons (Fsp3) is 0.348. The number of nitrogens with zero attached hydrogens (tertiary/aromatic N) is 1. The molecule has 0 atom stereocenters. The van der Waals surface area contributed by atoms with Crippen molar-refractivity contribution in [3.05, 3.63) is 65.5 Å². The van der Waals surface area contributed by atoms with Crippen molar-refractivity contribution in [2.75, 3.05) is 25.0 Å². The van der Waals surface area contributed by atoms with Crippen LogP contribution in [0.4, 0.5) is 10.1 Å². The summed E-state index contributed by atoms with van der Waals surface area (Å²) in [6.45, 7) is 3.39. The maximum Gasteiger partial charge on any atom is 0.313 e. The second-order valence-corrected chi connectivity index (χ2v) is 7.43. The fourth-order valence-corrected chi connectivity index (χ4v) is 3.47. The topological polar surface area (TPSA) is 78.5 Å². The molecule has 30 heavy (non-hydrogen) atoms. The molecule has 2 aromatic carbocycles. The van der Waals surface area contributed by atoms with Gasteiger partial charge in [0, 0.05) is 25.3 Å². The van der Waals surface area contributed by atoms with E-state index in [9.17, 15) is 18.8 Å². The number of anilines is 1. The van der Waals surface area contributed by atoms with Crippen molar-refractivity contribution in [2.24, 2.45) is 5.92 Å². The van der Waals surface area contributed by atoms with Crippen molar-refractivity contribution in [2.45, 2.75) is 26.2 Å². The highest BCUT2D eigenvalue weighted by Crippen LogP contribution is 2.19. The molecule has 1 heterocycles. The first-order valence-corrected chi connectivity index (χ1v) is 10.2. The number of carbonyl (C=O) groups is 3. The predicted octanol–water partition coefficient (Wildman–Crippen LogP) is 3.00. The van der Waals surface area contributed by atoms with Crippen LogP contribution in [0, 0.1) is 11.7 Å². The summed E-state index contributed by atoms with van der Waals surface area (Å²) in [5, 5.41) is 5.25. The van der Waals surface area contributed by atoms with Crippen molar-refractivity contribution < 1.29 is 18.8 Å². The van der Waals surface area contributed by atoms with E-state index in [0.717, 1.165) is 12.0 Å². The van der Waals surface area contributed by atoms with Gasteiger partial charge in [0.25, 0.3) is 5.91 Å². The van der Waals surface area contributed by atoms with Crippen molar-refractivity contribution in [1.82, 2.24) is 10.2 Å². The molecule has 6 nitrogen and oxygen atoms in total. The van der Waals surface area contributed by atoms with E-state index in [1.807, 2.05) is 19.1 Å². The van der Waals surface area contributed by atoms with E-state index in [0.29, 0.717) is 38.2 Å². The molecule has 1 aliphatic rings. The van der Waals surface area contributed by atoms with Gasteiger partial charge in [0.05, 0.1) is 5.56 Å². The lowest BCUT2D eigenvalue weighted by Gasteiger charge is -2.32. The number of likely N-dealkylation sites (tertiary alicyclic amines) is 1. The van der Waals surface area contributed by atoms with Crippen LogP contribution >= 0.6 is 0 Å². The molecule has 1 aliphatic heterocycles. The first-order chi connectivity index (χ1) is 14.5. The number of piperidine rings is 1. The molecule has 3 rings (SSSR count). The monoisotopic (exact) mass is 411 g/mol. The summed E-state index contributed by atoms with van der Waals surface area (Å²) in [7, 11) is 0. The minimum absolute atomic E-state index is 0.0768. The Kier molecular flexibility index (Phi) is 7.17. The molecule has 7 heteroatoms. The summed E-state index contributed by atoms with van der Waals surface area (Å²) in [5.74, 6) is -2.06. The van der Waals surface area contributed by atoms with Gasteiger partial charge in [-0.15, -0.1) is 0 Å². The lowest BCUT2D eigenvalue weighted by atomic mass is 9.96. The summed E-state index contributed by atoms with van der Waals surface area (Å²) >= 11 is 0. The van der Waals surface area contributed by atoms with Crippen LogP contribution in [-0.4, -0.2) is 42.3 Å². The summed E-state index contributed by atoms with van der Waals surface area (Å²) < 4.78 is 13.8. The third-order valence-corrected chi connectivity index (χ3v) is 5.38. The Morgan fingerprint density at radius 2 is 1.67 bits per heavy atom. The molecule has 0 aromatic heterocycles. The summed E-state index contributed by atoms with van der Waals surface area (Å²) in [6.07, 6.45) is 2.26. The largest absolute Gasteiger partial charge is 0.348 e. The highest BCUT2D eigenvalue weighted by atomic mass is 19.1. The number of amides is 3. The van der Waals surface area contributed by atoms with Gasteiger partial charge in [0.2, 0.25) is 0 Å². The second-order valence-electron chi connectivity index (χ2n) is 7.43. The van der Waals surface area contributed by atoms with Crippen molar-refractivity contribution in [3.8, 4) is 0 Å². The van der Waals surface area contributed by atoms with Gasteiger partial charge in [0.15, 0.2) is 0 Å². The molecule has 0 spiro atoms. The maximum absolute atomic E-state index is 13.8. The molecule has 0 saturated carbocycles. The number of rotatable bonds is 5. The lowest BCUT2D eigenvalue weighted by molar-refractivity contribution is -0.136. The molecule has 0 unspecified atom stereocenters. The first kappa shape index (κ1) is 21.5. The number of halogens is 1. The van der Waals surface area contributed by atoms with Crippen LogP contribution in [0.5, 0.6) is 0 Å². The normalized spacial score (nSPS) is 14.3. The number of aryl methyl sites for hydroxylation is 1. The number of hydrogen-bond acceptors (Lipinski definition) is 3. The lowest BCUT2D eigenvalue weighted by Crippen LogP contribution is -2.43. The zero-order chi connectivity index (χ0) is 21.5. The molecule has 2 N–H and O–H groups in total. The van der Waals surface area contributed by atoms with Crippen LogP contribution in [-0.2, 0) is 16.0 Å². The third kappa shape index (κ3) is 5.43. The van der Waals surface area contributed by atoms with E-state index in [2.05, 4.69) is 10.6 Å². The maximum atomic E-state index is 13.8. The quantitative estimate of drug-likeness (QED) is 0.743. The van der Waals surface area contributed by atoms with Gasteiger partial charge < -0.3 is 15.5 Å². The summed E-state index contributed by atoms with van der Waals surface area (Å²) in [5.41, 5.74) is 1.80. The van der Waals surface area contributed by atoms with E-state index >= 15 is 0 Å². The molecular formula is C23H26FN3O3.